The van der Waals surface area contributed by atoms with Crippen molar-refractivity contribution < 1.29 is 19.1 Å². The van der Waals surface area contributed by atoms with Gasteiger partial charge in [0, 0.05) is 35.2 Å². The fourth-order valence-electron chi connectivity index (χ4n) is 4.12. The van der Waals surface area contributed by atoms with Crippen molar-refractivity contribution in [2.75, 3.05) is 25.5 Å². The van der Waals surface area contributed by atoms with Crippen LogP contribution in [0.4, 0.5) is 5.69 Å². The molecule has 3 aromatic rings. The number of ketones is 1. The van der Waals surface area contributed by atoms with Crippen LogP contribution in [0.5, 0.6) is 5.75 Å². The Morgan fingerprint density at radius 3 is 2.18 bits per heavy atom. The third-order valence-electron chi connectivity index (χ3n) is 6.03. The number of halogens is 1. The first-order valence-electron chi connectivity index (χ1n) is 11.1. The molecule has 1 aliphatic rings. The lowest BCUT2D eigenvalue weighted by Crippen LogP contribution is -2.41. The maximum absolute atomic E-state index is 13.3. The minimum Gasteiger partial charge on any atom is -0.495 e. The van der Waals surface area contributed by atoms with Crippen molar-refractivity contribution in [2.24, 2.45) is 5.92 Å². The van der Waals surface area contributed by atoms with E-state index in [2.05, 4.69) is 5.32 Å². The Balaban J connectivity index is 1.42. The third-order valence-corrected chi connectivity index (χ3v) is 6.28. The molecule has 7 heteroatoms. The van der Waals surface area contributed by atoms with Gasteiger partial charge in [0.15, 0.2) is 5.78 Å². The number of nitrogens with zero attached hydrogens (tertiary/aromatic N) is 1. The number of carbonyl (C=O) groups is 3. The highest BCUT2D eigenvalue weighted by atomic mass is 35.5. The summed E-state index contributed by atoms with van der Waals surface area (Å²) in [5.74, 6) is -0.131. The predicted octanol–water partition coefficient (Wildman–Crippen LogP) is 5.07. The average molecular weight is 477 g/mol. The van der Waals surface area contributed by atoms with E-state index in [0.29, 0.717) is 59.1 Å². The van der Waals surface area contributed by atoms with E-state index in [0.717, 1.165) is 0 Å². The molecule has 0 saturated carbocycles. The van der Waals surface area contributed by atoms with Crippen molar-refractivity contribution >= 4 is 34.9 Å². The summed E-state index contributed by atoms with van der Waals surface area (Å²) in [6.45, 7) is 0.874. The van der Waals surface area contributed by atoms with Crippen LogP contribution >= 0.6 is 11.6 Å². The molecule has 0 radical (unpaired) electrons. The van der Waals surface area contributed by atoms with E-state index >= 15 is 0 Å². The summed E-state index contributed by atoms with van der Waals surface area (Å²) >= 11 is 5.93. The monoisotopic (exact) mass is 476 g/mol. The Morgan fingerprint density at radius 1 is 0.882 bits per heavy atom. The molecule has 34 heavy (non-hydrogen) atoms. The highest BCUT2D eigenvalue weighted by Gasteiger charge is 2.30. The number of methoxy groups -OCH3 is 1. The molecule has 1 saturated heterocycles. The number of likely N-dealkylation sites (tertiary alicyclic amines) is 1. The van der Waals surface area contributed by atoms with Gasteiger partial charge in [-0.25, -0.2) is 0 Å². The number of nitrogens with one attached hydrogen (secondary N) is 1. The van der Waals surface area contributed by atoms with Gasteiger partial charge < -0.3 is 15.0 Å². The molecule has 1 heterocycles. The van der Waals surface area contributed by atoms with E-state index in [1.54, 1.807) is 72.7 Å². The second-order valence-electron chi connectivity index (χ2n) is 8.14. The minimum atomic E-state index is -0.230. The maximum Gasteiger partial charge on any atom is 0.254 e. The van der Waals surface area contributed by atoms with Gasteiger partial charge >= 0.3 is 0 Å². The van der Waals surface area contributed by atoms with E-state index < -0.39 is 0 Å². The number of para-hydroxylation sites is 2. The second-order valence-corrected chi connectivity index (χ2v) is 8.57. The number of anilines is 1. The number of amides is 2. The highest BCUT2D eigenvalue weighted by molar-refractivity contribution is 6.30. The Hall–Kier alpha value is -3.64. The second kappa shape index (κ2) is 10.5. The first-order chi connectivity index (χ1) is 16.5. The maximum atomic E-state index is 13.3. The summed E-state index contributed by atoms with van der Waals surface area (Å²) in [5.41, 5.74) is 1.81. The van der Waals surface area contributed by atoms with E-state index in [-0.39, 0.29) is 23.5 Å². The normalized spacial score (nSPS) is 13.9. The van der Waals surface area contributed by atoms with Crippen molar-refractivity contribution in [3.8, 4) is 5.75 Å². The smallest absolute Gasteiger partial charge is 0.254 e. The number of carbonyl (C=O) groups excluding carboxylic acids is 3. The van der Waals surface area contributed by atoms with Crippen LogP contribution in [0.15, 0.2) is 72.8 Å². The molecule has 1 N–H and O–H groups in total. The fourth-order valence-corrected chi connectivity index (χ4v) is 4.25. The van der Waals surface area contributed by atoms with Crippen LogP contribution in [0, 0.1) is 5.92 Å². The van der Waals surface area contributed by atoms with Crippen LogP contribution in [0.3, 0.4) is 0 Å². The molecule has 6 nitrogen and oxygen atoms in total. The van der Waals surface area contributed by atoms with Crippen molar-refractivity contribution in [3.63, 3.8) is 0 Å². The first kappa shape index (κ1) is 23.5. The van der Waals surface area contributed by atoms with Gasteiger partial charge in [-0.05, 0) is 55.3 Å². The number of ether oxygens (including phenoxy) is 1. The Kier molecular flexibility index (Phi) is 7.28. The third kappa shape index (κ3) is 5.13. The van der Waals surface area contributed by atoms with Gasteiger partial charge in [-0.2, -0.15) is 0 Å². The van der Waals surface area contributed by atoms with Gasteiger partial charge in [0.1, 0.15) is 5.75 Å². The van der Waals surface area contributed by atoms with Gasteiger partial charge in [0.25, 0.3) is 5.91 Å². The van der Waals surface area contributed by atoms with Crippen molar-refractivity contribution in [1.29, 1.82) is 0 Å². The van der Waals surface area contributed by atoms with Crippen LogP contribution in [-0.2, 0) is 4.79 Å². The zero-order valence-corrected chi connectivity index (χ0v) is 19.5. The molecule has 0 bridgehead atoms. The molecule has 0 atom stereocenters. The molecule has 0 unspecified atom stereocenters. The molecule has 0 aromatic heterocycles. The molecule has 1 fully saturated rings. The van der Waals surface area contributed by atoms with Gasteiger partial charge in [0.2, 0.25) is 5.91 Å². The average Bonchev–Trinajstić information content (AvgIpc) is 2.88. The fraction of sp³-hybridized carbons (Fsp3) is 0.222. The molecule has 0 aliphatic carbocycles. The number of hydrogen-bond acceptors (Lipinski definition) is 4. The Bertz CT molecular complexity index is 1200. The van der Waals surface area contributed by atoms with Gasteiger partial charge in [-0.1, -0.05) is 41.9 Å². The van der Waals surface area contributed by atoms with Crippen LogP contribution in [0.25, 0.3) is 0 Å². The van der Waals surface area contributed by atoms with E-state index in [1.807, 2.05) is 12.1 Å². The lowest BCUT2D eigenvalue weighted by molar-refractivity contribution is -0.121. The van der Waals surface area contributed by atoms with Gasteiger partial charge in [-0.3, -0.25) is 14.4 Å². The Labute approximate surface area is 203 Å². The van der Waals surface area contributed by atoms with Crippen molar-refractivity contribution in [2.45, 2.75) is 12.8 Å². The largest absolute Gasteiger partial charge is 0.495 e. The van der Waals surface area contributed by atoms with Crippen LogP contribution in [0.2, 0.25) is 5.02 Å². The Morgan fingerprint density at radius 2 is 1.50 bits per heavy atom. The number of benzene rings is 3. The summed E-state index contributed by atoms with van der Waals surface area (Å²) in [6, 6.07) is 20.7. The van der Waals surface area contributed by atoms with Crippen LogP contribution < -0.4 is 10.1 Å². The van der Waals surface area contributed by atoms with Gasteiger partial charge in [0.05, 0.1) is 18.4 Å². The zero-order valence-electron chi connectivity index (χ0n) is 18.8. The van der Waals surface area contributed by atoms with Crippen molar-refractivity contribution in [1.82, 2.24) is 4.90 Å². The van der Waals surface area contributed by atoms with Gasteiger partial charge in [-0.15, -0.1) is 0 Å². The SMILES string of the molecule is COc1ccccc1NC(=O)C1CCN(C(=O)c2ccccc2C(=O)c2ccc(Cl)cc2)CC1. The molecule has 0 spiro atoms. The number of piperidine rings is 1. The lowest BCUT2D eigenvalue weighted by Gasteiger charge is -2.32. The molecule has 4 rings (SSSR count). The van der Waals surface area contributed by atoms with Crippen molar-refractivity contribution in [3.05, 3.63) is 94.5 Å². The lowest BCUT2D eigenvalue weighted by atomic mass is 9.93. The molecular formula is C27H25ClN2O4. The molecule has 2 amide bonds. The van der Waals surface area contributed by atoms with Crippen LogP contribution in [-0.4, -0.2) is 42.7 Å². The standard InChI is InChI=1S/C27H25ClN2O4/c1-34-24-9-5-4-8-23(24)29-26(32)19-14-16-30(17-15-19)27(33)22-7-3-2-6-21(22)25(31)18-10-12-20(28)13-11-18/h2-13,19H,14-17H2,1H3,(H,29,32). The highest BCUT2D eigenvalue weighted by Crippen LogP contribution is 2.27. The molecule has 174 valence electrons. The topological polar surface area (TPSA) is 75.7 Å². The molecular weight excluding hydrogens is 452 g/mol. The van der Waals surface area contributed by atoms with E-state index in [1.165, 1.54) is 0 Å². The number of hydrogen-bond donors (Lipinski definition) is 1. The molecule has 3 aromatic carbocycles. The summed E-state index contributed by atoms with van der Waals surface area (Å²) in [5, 5.41) is 3.47. The summed E-state index contributed by atoms with van der Waals surface area (Å²) < 4.78 is 5.30. The quantitative estimate of drug-likeness (QED) is 0.504. The number of rotatable bonds is 6. The minimum absolute atomic E-state index is 0.0880. The summed E-state index contributed by atoms with van der Waals surface area (Å²) in [4.78, 5) is 40.8. The zero-order chi connectivity index (χ0) is 24.1. The molecule has 1 aliphatic heterocycles. The summed E-state index contributed by atoms with van der Waals surface area (Å²) in [6.07, 6.45) is 1.08. The first-order valence-corrected chi connectivity index (χ1v) is 11.5. The van der Waals surface area contributed by atoms with E-state index in [4.69, 9.17) is 16.3 Å². The van der Waals surface area contributed by atoms with Crippen LogP contribution in [0.1, 0.15) is 39.1 Å². The summed E-state index contributed by atoms with van der Waals surface area (Å²) in [7, 11) is 1.56. The van der Waals surface area contributed by atoms with E-state index in [9.17, 15) is 14.4 Å². The predicted molar refractivity (Wildman–Crippen MR) is 132 cm³/mol.